The molecule has 2 rings (SSSR count). The highest BCUT2D eigenvalue weighted by atomic mass is 16.1. The molecular formula is C10H14N6O2. The summed E-state index contributed by atoms with van der Waals surface area (Å²) < 4.78 is 1.28. The number of nitrogens with zero attached hydrogens (tertiary/aromatic N) is 3. The van der Waals surface area contributed by atoms with Crippen LogP contribution in [0.25, 0.3) is 0 Å². The van der Waals surface area contributed by atoms with E-state index in [-0.39, 0.29) is 5.69 Å². The maximum Gasteiger partial charge on any atom is 0.348 e. The number of hydrogen-bond donors (Lipinski definition) is 3. The lowest BCUT2D eigenvalue weighted by atomic mass is 10.4. The summed E-state index contributed by atoms with van der Waals surface area (Å²) in [7, 11) is 1.57. The van der Waals surface area contributed by atoms with Crippen LogP contribution >= 0.6 is 0 Å². The number of nitrogen functional groups attached to an aromatic ring is 2. The third-order valence-electron chi connectivity index (χ3n) is 2.14. The average molecular weight is 250 g/mol. The molecule has 0 saturated carbocycles. The first kappa shape index (κ1) is 13.4. The fraction of sp³-hybridized carbons (Fsp3) is 0.200. The first-order valence-electron chi connectivity index (χ1n) is 5.01. The zero-order valence-electron chi connectivity index (χ0n) is 10.0. The zero-order chi connectivity index (χ0) is 13.7. The highest BCUT2D eigenvalue weighted by Gasteiger charge is 1.92. The Morgan fingerprint density at radius 1 is 1.33 bits per heavy atom. The number of aromatic amines is 1. The molecule has 0 saturated heterocycles. The van der Waals surface area contributed by atoms with Crippen LogP contribution < -0.4 is 22.8 Å². The first-order chi connectivity index (χ1) is 8.41. The maximum absolute atomic E-state index is 10.6. The van der Waals surface area contributed by atoms with Crippen molar-refractivity contribution in [3.63, 3.8) is 0 Å². The lowest BCUT2D eigenvalue weighted by Gasteiger charge is -1.97. The smallest absolute Gasteiger partial charge is 0.348 e. The summed E-state index contributed by atoms with van der Waals surface area (Å²) in [5.41, 5.74) is 10.7. The molecule has 0 radical (unpaired) electrons. The molecule has 18 heavy (non-hydrogen) atoms. The van der Waals surface area contributed by atoms with E-state index in [0.717, 1.165) is 5.56 Å². The Bertz CT molecular complexity index is 645. The SMILES string of the molecule is Cc1c[nH]c(=O)nc1N.Cn1c(N)ccnc1=O. The molecule has 8 nitrogen and oxygen atoms in total. The number of aryl methyl sites for hydroxylation is 1. The largest absolute Gasteiger partial charge is 0.385 e. The number of nitrogens with one attached hydrogen (secondary N) is 1. The molecule has 0 unspecified atom stereocenters. The first-order valence-corrected chi connectivity index (χ1v) is 5.01. The van der Waals surface area contributed by atoms with Crippen LogP contribution in [0.2, 0.25) is 0 Å². The van der Waals surface area contributed by atoms with Gasteiger partial charge >= 0.3 is 11.4 Å². The lowest BCUT2D eigenvalue weighted by molar-refractivity contribution is 0.824. The number of rotatable bonds is 0. The van der Waals surface area contributed by atoms with Crippen LogP contribution in [0.3, 0.4) is 0 Å². The van der Waals surface area contributed by atoms with E-state index in [1.165, 1.54) is 17.0 Å². The van der Waals surface area contributed by atoms with Crippen LogP contribution in [0.5, 0.6) is 0 Å². The summed E-state index contributed by atoms with van der Waals surface area (Å²) in [6.07, 6.45) is 2.92. The second-order valence-corrected chi connectivity index (χ2v) is 3.49. The summed E-state index contributed by atoms with van der Waals surface area (Å²) >= 11 is 0. The number of aromatic nitrogens is 4. The molecule has 5 N–H and O–H groups in total. The summed E-state index contributed by atoms with van der Waals surface area (Å²) in [6.45, 7) is 1.78. The molecule has 0 spiro atoms. The van der Waals surface area contributed by atoms with Gasteiger partial charge in [0.05, 0.1) is 0 Å². The molecule has 0 aliphatic heterocycles. The number of anilines is 2. The Kier molecular flexibility index (Phi) is 4.19. The van der Waals surface area contributed by atoms with E-state index in [1.807, 2.05) is 0 Å². The Balaban J connectivity index is 0.000000180. The number of H-pyrrole nitrogens is 1. The Labute approximate surface area is 102 Å². The van der Waals surface area contributed by atoms with Crippen LogP contribution in [0.1, 0.15) is 5.56 Å². The van der Waals surface area contributed by atoms with Gasteiger partial charge in [0, 0.05) is 25.0 Å². The summed E-state index contributed by atoms with van der Waals surface area (Å²) in [5.74, 6) is 0.716. The molecule has 2 aromatic rings. The molecule has 0 fully saturated rings. The molecule has 0 bridgehead atoms. The quantitative estimate of drug-likeness (QED) is 0.550. The molecule has 0 aromatic carbocycles. The van der Waals surface area contributed by atoms with Crippen molar-refractivity contribution in [2.45, 2.75) is 6.92 Å². The van der Waals surface area contributed by atoms with Crippen molar-refractivity contribution in [2.75, 3.05) is 11.5 Å². The molecule has 0 atom stereocenters. The maximum atomic E-state index is 10.6. The van der Waals surface area contributed by atoms with Gasteiger partial charge in [-0.2, -0.15) is 4.98 Å². The van der Waals surface area contributed by atoms with E-state index in [4.69, 9.17) is 11.5 Å². The van der Waals surface area contributed by atoms with Gasteiger partial charge in [-0.3, -0.25) is 4.57 Å². The van der Waals surface area contributed by atoms with E-state index in [9.17, 15) is 9.59 Å². The Morgan fingerprint density at radius 3 is 2.44 bits per heavy atom. The molecule has 0 aliphatic rings. The third-order valence-corrected chi connectivity index (χ3v) is 2.14. The number of hydrogen-bond acceptors (Lipinski definition) is 6. The van der Waals surface area contributed by atoms with Gasteiger partial charge in [-0.05, 0) is 13.0 Å². The molecule has 8 heteroatoms. The van der Waals surface area contributed by atoms with Crippen LogP contribution in [-0.4, -0.2) is 19.5 Å². The van der Waals surface area contributed by atoms with Gasteiger partial charge in [0.1, 0.15) is 11.6 Å². The van der Waals surface area contributed by atoms with Crippen LogP contribution in [0.15, 0.2) is 28.0 Å². The van der Waals surface area contributed by atoms with Crippen molar-refractivity contribution in [3.8, 4) is 0 Å². The van der Waals surface area contributed by atoms with Crippen molar-refractivity contribution in [1.82, 2.24) is 19.5 Å². The Morgan fingerprint density at radius 2 is 2.00 bits per heavy atom. The zero-order valence-corrected chi connectivity index (χ0v) is 10.0. The fourth-order valence-corrected chi connectivity index (χ4v) is 0.960. The van der Waals surface area contributed by atoms with Crippen LogP contribution in [0.4, 0.5) is 11.6 Å². The predicted molar refractivity (Wildman–Crippen MR) is 67.9 cm³/mol. The van der Waals surface area contributed by atoms with E-state index in [0.29, 0.717) is 11.6 Å². The van der Waals surface area contributed by atoms with Crippen LogP contribution in [0, 0.1) is 6.92 Å². The third kappa shape index (κ3) is 3.44. The van der Waals surface area contributed by atoms with E-state index < -0.39 is 5.69 Å². The van der Waals surface area contributed by atoms with Gasteiger partial charge in [-0.1, -0.05) is 0 Å². The van der Waals surface area contributed by atoms with Crippen molar-refractivity contribution in [2.24, 2.45) is 7.05 Å². The standard InChI is InChI=1S/2C5H7N3O/c1-8-4(6)2-3-7-5(8)9;1-3-2-7-5(9)8-4(3)6/h2-3H,6H2,1H3;2H,1H3,(H3,6,7,8,9). The van der Waals surface area contributed by atoms with E-state index in [2.05, 4.69) is 15.0 Å². The van der Waals surface area contributed by atoms with Crippen molar-refractivity contribution in [1.29, 1.82) is 0 Å². The fourth-order valence-electron chi connectivity index (χ4n) is 0.960. The molecule has 96 valence electrons. The predicted octanol–water partition coefficient (Wildman–Crippen LogP) is -0.977. The van der Waals surface area contributed by atoms with E-state index >= 15 is 0 Å². The van der Waals surface area contributed by atoms with Crippen molar-refractivity contribution < 1.29 is 0 Å². The minimum absolute atomic E-state index is 0.291. The second kappa shape index (κ2) is 5.62. The van der Waals surface area contributed by atoms with Gasteiger partial charge in [0.15, 0.2) is 0 Å². The molecule has 0 amide bonds. The summed E-state index contributed by atoms with van der Waals surface area (Å²) in [6, 6.07) is 1.57. The van der Waals surface area contributed by atoms with Crippen molar-refractivity contribution in [3.05, 3.63) is 45.0 Å². The van der Waals surface area contributed by atoms with Crippen molar-refractivity contribution >= 4 is 11.6 Å². The lowest BCUT2D eigenvalue weighted by Crippen LogP contribution is -2.21. The van der Waals surface area contributed by atoms with Crippen LogP contribution in [-0.2, 0) is 7.05 Å². The molecular weight excluding hydrogens is 236 g/mol. The summed E-state index contributed by atoms with van der Waals surface area (Å²) in [4.78, 5) is 30.3. The van der Waals surface area contributed by atoms with Gasteiger partial charge in [0.25, 0.3) is 0 Å². The van der Waals surface area contributed by atoms with Gasteiger partial charge in [0.2, 0.25) is 0 Å². The van der Waals surface area contributed by atoms with Gasteiger partial charge in [-0.25, -0.2) is 14.6 Å². The monoisotopic (exact) mass is 250 g/mol. The highest BCUT2D eigenvalue weighted by molar-refractivity contribution is 5.34. The molecule has 2 aromatic heterocycles. The average Bonchev–Trinajstić information content (AvgIpc) is 2.32. The topological polar surface area (TPSA) is 133 Å². The molecule has 0 aliphatic carbocycles. The highest BCUT2D eigenvalue weighted by Crippen LogP contribution is 1.97. The number of nitrogens with two attached hydrogens (primary N) is 2. The van der Waals surface area contributed by atoms with Gasteiger partial charge < -0.3 is 16.5 Å². The minimum atomic E-state index is -0.405. The second-order valence-electron chi connectivity index (χ2n) is 3.49. The summed E-state index contributed by atoms with van der Waals surface area (Å²) in [5, 5.41) is 0. The Hall–Kier alpha value is -2.64. The normalized spacial score (nSPS) is 9.44. The minimum Gasteiger partial charge on any atom is -0.385 e. The molecule has 2 heterocycles. The van der Waals surface area contributed by atoms with Gasteiger partial charge in [-0.15, -0.1) is 0 Å². The van der Waals surface area contributed by atoms with E-state index in [1.54, 1.807) is 20.0 Å².